The zero-order chi connectivity index (χ0) is 28.2. The lowest BCUT2D eigenvalue weighted by Gasteiger charge is -2.27. The number of amides is 1. The molecule has 208 valence electrons. The molecule has 2 atom stereocenters. The first-order valence-electron chi connectivity index (χ1n) is 11.8. The zero-order valence-corrected chi connectivity index (χ0v) is 20.7. The van der Waals surface area contributed by atoms with Gasteiger partial charge in [-0.1, -0.05) is 12.1 Å². The summed E-state index contributed by atoms with van der Waals surface area (Å²) in [4.78, 5) is 35.7. The van der Waals surface area contributed by atoms with Crippen molar-refractivity contribution in [3.8, 4) is 5.75 Å². The summed E-state index contributed by atoms with van der Waals surface area (Å²) in [7, 11) is 1.68. The predicted octanol–water partition coefficient (Wildman–Crippen LogP) is 2.10. The van der Waals surface area contributed by atoms with E-state index in [4.69, 9.17) is 24.8 Å². The summed E-state index contributed by atoms with van der Waals surface area (Å²) in [5, 5.41) is 19.5. The van der Waals surface area contributed by atoms with E-state index in [2.05, 4.69) is 38.2 Å². The van der Waals surface area contributed by atoms with E-state index in [1.54, 1.807) is 12.6 Å². The Morgan fingerprint density at radius 3 is 2.41 bits per heavy atom. The molecule has 2 aromatic heterocycles. The van der Waals surface area contributed by atoms with Crippen molar-refractivity contribution in [3.63, 3.8) is 0 Å². The Balaban J connectivity index is 0.000000448. The van der Waals surface area contributed by atoms with Crippen molar-refractivity contribution in [2.45, 2.75) is 44.2 Å². The summed E-state index contributed by atoms with van der Waals surface area (Å²) in [6.07, 6.45) is 0.966. The van der Waals surface area contributed by atoms with E-state index >= 15 is 0 Å². The average molecular weight is 550 g/mol. The number of rotatable bonds is 7. The molecule has 3 aromatic rings. The van der Waals surface area contributed by atoms with Crippen LogP contribution in [0.5, 0.6) is 5.75 Å². The molecule has 0 bridgehead atoms. The van der Waals surface area contributed by atoms with Crippen molar-refractivity contribution in [2.75, 3.05) is 18.6 Å². The number of carboxylic acids is 1. The van der Waals surface area contributed by atoms with Crippen LogP contribution in [0, 0.1) is 0 Å². The number of nitrogens with zero attached hydrogens (tertiary/aromatic N) is 5. The second kappa shape index (κ2) is 11.7. The minimum absolute atomic E-state index is 0.205. The maximum absolute atomic E-state index is 11.4. The molecule has 1 saturated carbocycles. The Morgan fingerprint density at radius 2 is 1.82 bits per heavy atom. The predicted molar refractivity (Wildman–Crippen MR) is 129 cm³/mol. The number of hydrogen-bond acceptors (Lipinski definition) is 9. The fourth-order valence-electron chi connectivity index (χ4n) is 4.11. The van der Waals surface area contributed by atoms with Crippen molar-refractivity contribution < 1.29 is 37.8 Å². The third-order valence-electron chi connectivity index (χ3n) is 6.26. The number of hydroxylamine groups is 1. The lowest BCUT2D eigenvalue weighted by molar-refractivity contribution is -0.192. The molecular weight excluding hydrogens is 523 g/mol. The zero-order valence-electron chi connectivity index (χ0n) is 20.7. The topological polar surface area (TPSA) is 155 Å². The largest absolute Gasteiger partial charge is 0.497 e. The summed E-state index contributed by atoms with van der Waals surface area (Å²) < 4.78 is 39.1. The number of ether oxygens (including phenoxy) is 1. The van der Waals surface area contributed by atoms with Crippen LogP contribution in [0.4, 0.5) is 19.1 Å². The van der Waals surface area contributed by atoms with Gasteiger partial charge in [0.05, 0.1) is 24.9 Å². The van der Waals surface area contributed by atoms with Crippen LogP contribution in [0.15, 0.2) is 42.9 Å². The van der Waals surface area contributed by atoms with Crippen LogP contribution in [0.25, 0.3) is 0 Å². The number of aliphatic carboxylic acids is 1. The van der Waals surface area contributed by atoms with E-state index in [1.165, 1.54) is 18.0 Å². The molecule has 1 amide bonds. The number of carbonyl (C=O) groups excluding carboxylic acids is 1. The second-order valence-corrected chi connectivity index (χ2v) is 8.88. The number of imidazole rings is 1. The molecule has 0 radical (unpaired) electrons. The molecule has 5 rings (SSSR count). The lowest BCUT2D eigenvalue weighted by Crippen LogP contribution is -2.34. The number of carboxylic acid groups (broad SMARTS) is 1. The number of alkyl halides is 3. The van der Waals surface area contributed by atoms with Gasteiger partial charge in [-0.05, 0) is 24.1 Å². The number of nitrogens with one attached hydrogen (secondary N) is 2. The molecule has 2 aliphatic rings. The summed E-state index contributed by atoms with van der Waals surface area (Å²) in [5.41, 5.74) is 4.15. The average Bonchev–Trinajstić information content (AvgIpc) is 3.60. The molecule has 39 heavy (non-hydrogen) atoms. The Labute approximate surface area is 220 Å². The molecule has 4 N–H and O–H groups in total. The van der Waals surface area contributed by atoms with E-state index in [0.717, 1.165) is 43.3 Å². The van der Waals surface area contributed by atoms with Gasteiger partial charge in [0, 0.05) is 50.2 Å². The van der Waals surface area contributed by atoms with Crippen LogP contribution < -0.4 is 20.4 Å². The van der Waals surface area contributed by atoms with Gasteiger partial charge >= 0.3 is 12.1 Å². The van der Waals surface area contributed by atoms with Crippen LogP contribution >= 0.6 is 0 Å². The Hall–Kier alpha value is -4.24. The first-order valence-corrected chi connectivity index (χ1v) is 11.8. The van der Waals surface area contributed by atoms with Gasteiger partial charge in [-0.25, -0.2) is 25.2 Å². The molecule has 1 aliphatic heterocycles. The number of anilines is 1. The van der Waals surface area contributed by atoms with E-state index in [-0.39, 0.29) is 5.56 Å². The minimum atomic E-state index is -5.08. The maximum Gasteiger partial charge on any atom is 0.490 e. The number of hydrogen-bond donors (Lipinski definition) is 4. The van der Waals surface area contributed by atoms with Gasteiger partial charge in [-0.2, -0.15) is 13.2 Å². The molecule has 12 nitrogen and oxygen atoms in total. The Kier molecular flexibility index (Phi) is 8.30. The standard InChI is InChI=1S/C22H25N7O3.C2HF3O2/c1-32-17-4-2-14(3-5-17)18-8-19(18)23-11-16-12-28-6-7-29(13-20(28)26-16)22-24-9-15(10-25-22)21(30)27-31;3-2(4,5)1(6)7/h2-5,9-10,12,18-19,23,31H,6-8,11,13H2,1H3,(H,27,30);(H,6,7). The van der Waals surface area contributed by atoms with E-state index in [0.29, 0.717) is 24.5 Å². The molecular formula is C24H26F3N7O5. The molecule has 15 heteroatoms. The first-order chi connectivity index (χ1) is 18.6. The Morgan fingerprint density at radius 1 is 1.15 bits per heavy atom. The summed E-state index contributed by atoms with van der Waals surface area (Å²) in [5.74, 6) is -0.458. The molecule has 1 aromatic carbocycles. The Bertz CT molecular complexity index is 1300. The highest BCUT2D eigenvalue weighted by Gasteiger charge is 2.38. The normalized spacial score (nSPS) is 17.9. The van der Waals surface area contributed by atoms with Gasteiger partial charge < -0.3 is 24.6 Å². The van der Waals surface area contributed by atoms with E-state index < -0.39 is 18.1 Å². The number of benzene rings is 1. The highest BCUT2D eigenvalue weighted by atomic mass is 19.4. The van der Waals surface area contributed by atoms with Gasteiger partial charge in [0.1, 0.15) is 11.6 Å². The summed E-state index contributed by atoms with van der Waals surface area (Å²) in [6, 6.07) is 8.78. The fraction of sp³-hybridized carbons (Fsp3) is 0.375. The fourth-order valence-corrected chi connectivity index (χ4v) is 4.11. The van der Waals surface area contributed by atoms with Gasteiger partial charge in [-0.15, -0.1) is 0 Å². The first kappa shape index (κ1) is 27.8. The smallest absolute Gasteiger partial charge is 0.490 e. The van der Waals surface area contributed by atoms with Gasteiger partial charge in [0.25, 0.3) is 5.91 Å². The van der Waals surface area contributed by atoms with Gasteiger partial charge in [0.2, 0.25) is 5.95 Å². The molecule has 1 aliphatic carbocycles. The van der Waals surface area contributed by atoms with Gasteiger partial charge in [0.15, 0.2) is 0 Å². The third-order valence-corrected chi connectivity index (χ3v) is 6.26. The van der Waals surface area contributed by atoms with E-state index in [9.17, 15) is 18.0 Å². The number of carbonyl (C=O) groups is 2. The summed E-state index contributed by atoms with van der Waals surface area (Å²) in [6.45, 7) is 2.88. The van der Waals surface area contributed by atoms with Gasteiger partial charge in [-0.3, -0.25) is 10.0 Å². The maximum atomic E-state index is 11.4. The van der Waals surface area contributed by atoms with Crippen molar-refractivity contribution >= 4 is 17.8 Å². The van der Waals surface area contributed by atoms with Crippen LogP contribution in [-0.4, -0.2) is 67.6 Å². The van der Waals surface area contributed by atoms with Crippen LogP contribution in [0.1, 0.15) is 39.8 Å². The SMILES string of the molecule is COc1ccc(C2CC2NCc2cn3c(n2)CN(c2ncc(C(=O)NO)cn2)CC3)cc1.O=C(O)C(F)(F)F. The van der Waals surface area contributed by atoms with Crippen molar-refractivity contribution in [1.82, 2.24) is 30.3 Å². The molecule has 0 saturated heterocycles. The second-order valence-electron chi connectivity index (χ2n) is 8.88. The van der Waals surface area contributed by atoms with E-state index in [1.807, 2.05) is 17.0 Å². The van der Waals surface area contributed by atoms with Crippen LogP contribution in [0.2, 0.25) is 0 Å². The number of halogens is 3. The molecule has 2 unspecified atom stereocenters. The molecule has 1 fully saturated rings. The third kappa shape index (κ3) is 7.00. The van der Waals surface area contributed by atoms with Crippen molar-refractivity contribution in [3.05, 3.63) is 65.5 Å². The molecule has 0 spiro atoms. The number of aromatic nitrogens is 4. The van der Waals surface area contributed by atoms with Crippen molar-refractivity contribution in [2.24, 2.45) is 0 Å². The quantitative estimate of drug-likeness (QED) is 0.254. The lowest BCUT2D eigenvalue weighted by atomic mass is 10.1. The highest BCUT2D eigenvalue weighted by Crippen LogP contribution is 2.41. The number of fused-ring (bicyclic) bond motifs is 1. The molecule has 3 heterocycles. The number of methoxy groups -OCH3 is 1. The monoisotopic (exact) mass is 549 g/mol. The van der Waals surface area contributed by atoms with Crippen LogP contribution in [-0.2, 0) is 24.4 Å². The van der Waals surface area contributed by atoms with Crippen LogP contribution in [0.3, 0.4) is 0 Å². The minimum Gasteiger partial charge on any atom is -0.497 e. The summed E-state index contributed by atoms with van der Waals surface area (Å²) >= 11 is 0. The van der Waals surface area contributed by atoms with Crippen molar-refractivity contribution in [1.29, 1.82) is 0 Å². The highest BCUT2D eigenvalue weighted by molar-refractivity contribution is 5.92.